The molecule has 0 aromatic heterocycles. The van der Waals surface area contributed by atoms with Gasteiger partial charge in [0.25, 0.3) is 0 Å². The minimum Gasteiger partial charge on any atom is -0.341 e. The number of nitrogens with zero attached hydrogens (tertiary/aromatic N) is 3. The number of sulfonamides is 1. The van der Waals surface area contributed by atoms with E-state index in [0.717, 1.165) is 55.2 Å². The zero-order valence-corrected chi connectivity index (χ0v) is 18.9. The number of hydrogen-bond acceptors (Lipinski definition) is 4. The summed E-state index contributed by atoms with van der Waals surface area (Å²) in [6.45, 7) is 4.19. The van der Waals surface area contributed by atoms with E-state index in [0.29, 0.717) is 19.2 Å². The van der Waals surface area contributed by atoms with Crippen LogP contribution in [-0.2, 0) is 21.0 Å². The van der Waals surface area contributed by atoms with Crippen LogP contribution >= 0.6 is 11.6 Å². The van der Waals surface area contributed by atoms with E-state index in [1.807, 2.05) is 16.7 Å². The van der Waals surface area contributed by atoms with E-state index in [1.54, 1.807) is 0 Å². The normalized spacial score (nSPS) is 21.0. The number of alkyl halides is 3. The molecule has 1 aromatic carbocycles. The van der Waals surface area contributed by atoms with Gasteiger partial charge in [-0.15, -0.1) is 0 Å². The summed E-state index contributed by atoms with van der Waals surface area (Å²) in [6.07, 6.45) is -0.522. The van der Waals surface area contributed by atoms with Crippen molar-refractivity contribution >= 4 is 27.5 Å². The van der Waals surface area contributed by atoms with Crippen LogP contribution in [0.25, 0.3) is 0 Å². The fourth-order valence-electron chi connectivity index (χ4n) is 4.07. The van der Waals surface area contributed by atoms with Crippen molar-refractivity contribution in [1.82, 2.24) is 14.1 Å². The Morgan fingerprint density at radius 3 is 2.13 bits per heavy atom. The lowest BCUT2D eigenvalue weighted by molar-refractivity contribution is -0.138. The second kappa shape index (κ2) is 9.64. The minimum absolute atomic E-state index is 0.0470. The Hall–Kier alpha value is -1.36. The molecule has 2 aliphatic rings. The molecule has 174 valence electrons. The maximum atomic E-state index is 13.1. The quantitative estimate of drug-likeness (QED) is 0.661. The monoisotopic (exact) mass is 481 g/mol. The van der Waals surface area contributed by atoms with E-state index < -0.39 is 31.7 Å². The maximum Gasteiger partial charge on any atom is 0.417 e. The molecule has 1 atom stereocenters. The molecule has 2 fully saturated rings. The minimum atomic E-state index is -4.75. The third-order valence-corrected chi connectivity index (χ3v) is 8.20. The molecule has 11 heteroatoms. The highest BCUT2D eigenvalue weighted by Crippen LogP contribution is 2.36. The predicted molar refractivity (Wildman–Crippen MR) is 111 cm³/mol. The first-order valence-electron chi connectivity index (χ1n) is 10.4. The van der Waals surface area contributed by atoms with E-state index in [-0.39, 0.29) is 25.0 Å². The molecule has 6 nitrogen and oxygen atoms in total. The predicted octanol–water partition coefficient (Wildman–Crippen LogP) is 3.46. The largest absolute Gasteiger partial charge is 0.417 e. The number of benzene rings is 1. The highest BCUT2D eigenvalue weighted by Gasteiger charge is 2.37. The first kappa shape index (κ1) is 24.3. The fraction of sp³-hybridized carbons (Fsp3) is 0.650. The Kier molecular flexibility index (Phi) is 7.55. The first-order valence-corrected chi connectivity index (χ1v) is 12.2. The molecule has 3 rings (SSSR count). The summed E-state index contributed by atoms with van der Waals surface area (Å²) in [5, 5.41) is -0.544. The summed E-state index contributed by atoms with van der Waals surface area (Å²) in [5.74, 6) is 0.0470. The van der Waals surface area contributed by atoms with Gasteiger partial charge in [-0.05, 0) is 38.0 Å². The van der Waals surface area contributed by atoms with Crippen molar-refractivity contribution < 1.29 is 26.4 Å². The second-order valence-electron chi connectivity index (χ2n) is 7.99. The van der Waals surface area contributed by atoms with Crippen molar-refractivity contribution in [3.63, 3.8) is 0 Å². The highest BCUT2D eigenvalue weighted by atomic mass is 35.5. The van der Waals surface area contributed by atoms with Crippen LogP contribution in [0.5, 0.6) is 0 Å². The van der Waals surface area contributed by atoms with Crippen LogP contribution in [0.4, 0.5) is 13.2 Å². The molecule has 31 heavy (non-hydrogen) atoms. The van der Waals surface area contributed by atoms with Crippen LogP contribution in [0.1, 0.15) is 38.2 Å². The van der Waals surface area contributed by atoms with Gasteiger partial charge in [-0.1, -0.05) is 24.4 Å². The van der Waals surface area contributed by atoms with Crippen molar-refractivity contribution in [3.8, 4) is 0 Å². The Bertz CT molecular complexity index is 895. The van der Waals surface area contributed by atoms with Crippen LogP contribution in [-0.4, -0.2) is 73.7 Å². The standard InChI is InChI=1S/C20H27ClF3N3O3S/c1-15(19(28)26-8-4-2-3-5-9-26)25-10-12-27(13-11-25)31(29,30)16-6-7-18(21)17(14-16)20(22,23)24/h6-7,14-15H,2-5,8-13H2,1H3. The van der Waals surface area contributed by atoms with Crippen LogP contribution in [0, 0.1) is 0 Å². The van der Waals surface area contributed by atoms with Crippen LogP contribution in [0.3, 0.4) is 0 Å². The molecule has 0 aliphatic carbocycles. The molecule has 2 saturated heterocycles. The van der Waals surface area contributed by atoms with Crippen molar-refractivity contribution in [2.75, 3.05) is 39.3 Å². The molecule has 0 spiro atoms. The summed E-state index contributed by atoms with van der Waals surface area (Å²) < 4.78 is 66.3. The van der Waals surface area contributed by atoms with Crippen molar-refractivity contribution in [2.45, 2.75) is 49.7 Å². The lowest BCUT2D eigenvalue weighted by atomic mass is 10.2. The second-order valence-corrected chi connectivity index (χ2v) is 10.3. The molecule has 2 heterocycles. The molecular formula is C20H27ClF3N3O3S. The van der Waals surface area contributed by atoms with E-state index in [9.17, 15) is 26.4 Å². The topological polar surface area (TPSA) is 60.9 Å². The molecule has 2 aliphatic heterocycles. The van der Waals surface area contributed by atoms with Crippen LogP contribution < -0.4 is 0 Å². The number of amides is 1. The van der Waals surface area contributed by atoms with Crippen molar-refractivity contribution in [3.05, 3.63) is 28.8 Å². The molecule has 1 amide bonds. The summed E-state index contributed by atoms with van der Waals surface area (Å²) in [6, 6.07) is 2.26. The van der Waals surface area contributed by atoms with Gasteiger partial charge in [0, 0.05) is 39.3 Å². The zero-order chi connectivity index (χ0) is 22.8. The third kappa shape index (κ3) is 5.53. The van der Waals surface area contributed by atoms with Crippen molar-refractivity contribution in [1.29, 1.82) is 0 Å². The number of carbonyl (C=O) groups is 1. The van der Waals surface area contributed by atoms with Gasteiger partial charge in [0.05, 0.1) is 21.5 Å². The fourth-order valence-corrected chi connectivity index (χ4v) is 5.75. The number of halogens is 4. The van der Waals surface area contributed by atoms with Gasteiger partial charge in [-0.2, -0.15) is 17.5 Å². The molecule has 1 unspecified atom stereocenters. The van der Waals surface area contributed by atoms with Gasteiger partial charge in [0.15, 0.2) is 0 Å². The summed E-state index contributed by atoms with van der Waals surface area (Å²) >= 11 is 5.60. The Balaban J connectivity index is 1.66. The number of piperazine rings is 1. The van der Waals surface area contributed by atoms with Crippen LogP contribution in [0.15, 0.2) is 23.1 Å². The van der Waals surface area contributed by atoms with Gasteiger partial charge in [0.2, 0.25) is 15.9 Å². The van der Waals surface area contributed by atoms with Gasteiger partial charge in [-0.3, -0.25) is 9.69 Å². The molecule has 1 aromatic rings. The van der Waals surface area contributed by atoms with Gasteiger partial charge in [-0.25, -0.2) is 8.42 Å². The Morgan fingerprint density at radius 2 is 1.58 bits per heavy atom. The third-order valence-electron chi connectivity index (χ3n) is 5.98. The molecule has 0 saturated carbocycles. The van der Waals surface area contributed by atoms with E-state index in [2.05, 4.69) is 0 Å². The Labute approximate surface area is 186 Å². The highest BCUT2D eigenvalue weighted by molar-refractivity contribution is 7.89. The summed E-state index contributed by atoms with van der Waals surface area (Å²) in [7, 11) is -4.10. The SMILES string of the molecule is CC(C(=O)N1CCCCCC1)N1CCN(S(=O)(=O)c2ccc(Cl)c(C(F)(F)F)c2)CC1. The zero-order valence-electron chi connectivity index (χ0n) is 17.4. The van der Waals surface area contributed by atoms with E-state index >= 15 is 0 Å². The molecule has 0 bridgehead atoms. The number of likely N-dealkylation sites (tertiary alicyclic amines) is 1. The number of rotatable bonds is 4. The van der Waals surface area contributed by atoms with Gasteiger partial charge in [0.1, 0.15) is 0 Å². The lowest BCUT2D eigenvalue weighted by Gasteiger charge is -2.38. The molecular weight excluding hydrogens is 455 g/mol. The average Bonchev–Trinajstić information content (AvgIpc) is 3.01. The number of hydrogen-bond donors (Lipinski definition) is 0. The van der Waals surface area contributed by atoms with E-state index in [4.69, 9.17) is 11.6 Å². The van der Waals surface area contributed by atoms with E-state index in [1.165, 1.54) is 0 Å². The number of carbonyl (C=O) groups excluding carboxylic acids is 1. The Morgan fingerprint density at radius 1 is 1.00 bits per heavy atom. The maximum absolute atomic E-state index is 13.1. The molecule has 0 radical (unpaired) electrons. The van der Waals surface area contributed by atoms with Gasteiger partial charge >= 0.3 is 6.18 Å². The molecule has 0 N–H and O–H groups in total. The first-order chi connectivity index (χ1) is 14.5. The summed E-state index contributed by atoms with van der Waals surface area (Å²) in [4.78, 5) is 16.2. The van der Waals surface area contributed by atoms with Crippen LogP contribution in [0.2, 0.25) is 5.02 Å². The summed E-state index contributed by atoms with van der Waals surface area (Å²) in [5.41, 5.74) is -1.18. The smallest absolute Gasteiger partial charge is 0.341 e. The van der Waals surface area contributed by atoms with Gasteiger partial charge < -0.3 is 4.90 Å². The lowest BCUT2D eigenvalue weighted by Crippen LogP contribution is -2.55. The van der Waals surface area contributed by atoms with Crippen molar-refractivity contribution in [2.24, 2.45) is 0 Å². The average molecular weight is 482 g/mol.